The van der Waals surface area contributed by atoms with Gasteiger partial charge in [-0.15, -0.1) is 0 Å². The molecule has 7 rings (SSSR count). The minimum Gasteiger partial charge on any atom is -0.496 e. The summed E-state index contributed by atoms with van der Waals surface area (Å²) in [6.07, 6.45) is 1.81. The number of hydrogen-bond donors (Lipinski definition) is 2. The number of ether oxygens (including phenoxy) is 1. The molecule has 1 fully saturated rings. The van der Waals surface area contributed by atoms with Crippen molar-refractivity contribution in [3.63, 3.8) is 0 Å². The maximum atomic E-state index is 13.9. The first-order chi connectivity index (χ1) is 23.5. The highest BCUT2D eigenvalue weighted by molar-refractivity contribution is 7.92. The number of sulfonamides is 1. The summed E-state index contributed by atoms with van der Waals surface area (Å²) >= 11 is 0. The number of carbonyl (C=O) groups is 1. The molecule has 0 atom stereocenters. The van der Waals surface area contributed by atoms with E-state index in [9.17, 15) is 22.9 Å². The van der Waals surface area contributed by atoms with Crippen LogP contribution < -0.4 is 20.1 Å². The highest BCUT2D eigenvalue weighted by Gasteiger charge is 2.40. The van der Waals surface area contributed by atoms with Crippen molar-refractivity contribution < 1.29 is 31.2 Å². The van der Waals surface area contributed by atoms with E-state index in [4.69, 9.17) is 19.3 Å². The molecular formula is C36H30FN5O6S. The molecule has 49 heavy (non-hydrogen) atoms. The van der Waals surface area contributed by atoms with Crippen molar-refractivity contribution in [3.8, 4) is 45.7 Å². The van der Waals surface area contributed by atoms with Gasteiger partial charge in [-0.3, -0.25) is 9.10 Å². The number of methoxy groups -OCH3 is 1. The van der Waals surface area contributed by atoms with E-state index in [1.54, 1.807) is 48.5 Å². The molecule has 4 aromatic carbocycles. The van der Waals surface area contributed by atoms with E-state index in [2.05, 4.69) is 16.4 Å². The van der Waals surface area contributed by atoms with Gasteiger partial charge in [-0.2, -0.15) is 5.26 Å². The van der Waals surface area contributed by atoms with Crippen molar-refractivity contribution in [2.24, 2.45) is 5.92 Å². The number of furan rings is 1. The number of rotatable bonds is 8. The van der Waals surface area contributed by atoms with Gasteiger partial charge in [-0.1, -0.05) is 12.1 Å². The predicted octanol–water partition coefficient (Wildman–Crippen LogP) is 6.73. The highest BCUT2D eigenvalue weighted by atomic mass is 32.2. The molecule has 0 aliphatic heterocycles. The Morgan fingerprint density at radius 1 is 1.04 bits per heavy atom. The third-order valence-electron chi connectivity index (χ3n) is 8.78. The van der Waals surface area contributed by atoms with Crippen LogP contribution in [0.4, 0.5) is 15.8 Å². The molecular weight excluding hydrogens is 649 g/mol. The molecule has 2 heterocycles. The normalized spacial score (nSPS) is 15.9. The number of hydrogen-bond acceptors (Lipinski definition) is 9. The number of amides is 1. The van der Waals surface area contributed by atoms with E-state index >= 15 is 0 Å². The molecule has 11 nitrogen and oxygen atoms in total. The Kier molecular flexibility index (Phi) is 7.75. The first-order valence-electron chi connectivity index (χ1n) is 15.3. The Balaban J connectivity index is 1.51. The van der Waals surface area contributed by atoms with Crippen LogP contribution in [0.15, 0.2) is 81.6 Å². The van der Waals surface area contributed by atoms with Crippen LogP contribution in [0.3, 0.4) is 0 Å². The zero-order valence-corrected chi connectivity index (χ0v) is 27.5. The number of nitrogens with two attached hydrogens (primary N) is 1. The highest BCUT2D eigenvalue weighted by Crippen LogP contribution is 2.46. The zero-order chi connectivity index (χ0) is 34.6. The van der Waals surface area contributed by atoms with Crippen LogP contribution in [0.1, 0.15) is 23.2 Å². The first-order valence-corrected chi connectivity index (χ1v) is 17.2. The second-order valence-electron chi connectivity index (χ2n) is 11.9. The Labute approximate surface area is 280 Å². The molecule has 0 radical (unpaired) electrons. The van der Waals surface area contributed by atoms with Gasteiger partial charge in [0.1, 0.15) is 28.4 Å². The summed E-state index contributed by atoms with van der Waals surface area (Å²) in [6, 6.07) is 21.0. The van der Waals surface area contributed by atoms with Gasteiger partial charge < -0.3 is 24.6 Å². The van der Waals surface area contributed by atoms with Crippen molar-refractivity contribution in [1.82, 2.24) is 10.3 Å². The van der Waals surface area contributed by atoms with Gasteiger partial charge in [0.25, 0.3) is 5.91 Å². The van der Waals surface area contributed by atoms with E-state index in [1.165, 1.54) is 42.7 Å². The summed E-state index contributed by atoms with van der Waals surface area (Å²) < 4.78 is 60.3. The van der Waals surface area contributed by atoms with Crippen molar-refractivity contribution in [2.75, 3.05) is 30.5 Å². The van der Waals surface area contributed by atoms with Crippen LogP contribution >= 0.6 is 0 Å². The molecule has 1 aliphatic rings. The van der Waals surface area contributed by atoms with Crippen molar-refractivity contribution >= 4 is 49.4 Å². The number of nitriles is 1. The summed E-state index contributed by atoms with van der Waals surface area (Å²) in [7, 11) is -0.895. The van der Waals surface area contributed by atoms with Gasteiger partial charge in [0.2, 0.25) is 15.9 Å². The summed E-state index contributed by atoms with van der Waals surface area (Å²) in [5.41, 5.74) is 10.2. The molecule has 1 amide bonds. The number of halogens is 1. The lowest BCUT2D eigenvalue weighted by molar-refractivity contribution is 0.0964. The maximum Gasteiger partial charge on any atom is 0.255 e. The van der Waals surface area contributed by atoms with Crippen LogP contribution in [0.5, 0.6) is 5.75 Å². The largest absolute Gasteiger partial charge is 0.496 e. The monoisotopic (exact) mass is 679 g/mol. The Morgan fingerprint density at radius 3 is 2.43 bits per heavy atom. The molecule has 3 N–H and O–H groups in total. The molecule has 2 aromatic heterocycles. The lowest BCUT2D eigenvalue weighted by atomic mass is 9.81. The smallest absolute Gasteiger partial charge is 0.255 e. The fraction of sp³-hybridized carbons (Fsp3) is 0.194. The molecule has 1 saturated carbocycles. The maximum absolute atomic E-state index is 13.9. The van der Waals surface area contributed by atoms with Gasteiger partial charge in [-0.05, 0) is 73.0 Å². The fourth-order valence-corrected chi connectivity index (χ4v) is 7.58. The van der Waals surface area contributed by atoms with Gasteiger partial charge in [0.05, 0.1) is 47.9 Å². The molecule has 0 saturated heterocycles. The summed E-state index contributed by atoms with van der Waals surface area (Å²) in [5.74, 6) is -0.321. The van der Waals surface area contributed by atoms with E-state index in [-0.39, 0.29) is 34.4 Å². The number of para-hydroxylation sites is 1. The molecule has 248 valence electrons. The van der Waals surface area contributed by atoms with Crippen molar-refractivity contribution in [1.29, 1.82) is 5.26 Å². The minimum atomic E-state index is -3.90. The number of oxazole rings is 1. The third kappa shape index (κ3) is 5.49. The molecule has 13 heteroatoms. The fourth-order valence-electron chi connectivity index (χ4n) is 6.36. The van der Waals surface area contributed by atoms with Crippen LogP contribution in [-0.2, 0) is 10.0 Å². The van der Waals surface area contributed by atoms with E-state index in [0.717, 1.165) is 6.26 Å². The quantitative estimate of drug-likeness (QED) is 0.166. The van der Waals surface area contributed by atoms with Crippen LogP contribution in [0, 0.1) is 23.1 Å². The van der Waals surface area contributed by atoms with E-state index in [0.29, 0.717) is 63.0 Å². The average Bonchev–Trinajstić information content (AvgIpc) is 3.67. The van der Waals surface area contributed by atoms with Crippen LogP contribution in [0.25, 0.3) is 56.0 Å². The van der Waals surface area contributed by atoms with Crippen molar-refractivity contribution in [2.45, 2.75) is 18.9 Å². The second kappa shape index (κ2) is 12.0. The van der Waals surface area contributed by atoms with E-state index < -0.39 is 27.8 Å². The summed E-state index contributed by atoms with van der Waals surface area (Å²) in [5, 5.41) is 12.6. The van der Waals surface area contributed by atoms with Crippen molar-refractivity contribution in [3.05, 3.63) is 84.2 Å². The van der Waals surface area contributed by atoms with Gasteiger partial charge in [-0.25, -0.2) is 17.8 Å². The Morgan fingerprint density at radius 2 is 1.78 bits per heavy atom. The topological polar surface area (TPSA) is 165 Å². The average molecular weight is 680 g/mol. The molecule has 0 spiro atoms. The lowest BCUT2D eigenvalue weighted by Gasteiger charge is -2.40. The first kappa shape index (κ1) is 31.7. The lowest BCUT2D eigenvalue weighted by Crippen LogP contribution is -2.47. The molecule has 6 aromatic rings. The van der Waals surface area contributed by atoms with E-state index in [1.807, 2.05) is 0 Å². The van der Waals surface area contributed by atoms with Gasteiger partial charge in [0.15, 0.2) is 5.58 Å². The number of aromatic nitrogens is 1. The number of anilines is 2. The number of carbonyl (C=O) groups excluding carboxylic acids is 1. The predicted molar refractivity (Wildman–Crippen MR) is 184 cm³/mol. The number of fused-ring (bicyclic) bond motifs is 2. The minimum absolute atomic E-state index is 0.191. The Hall–Kier alpha value is -5.87. The summed E-state index contributed by atoms with van der Waals surface area (Å²) in [6.45, 7) is 0. The SMILES string of the molecule is CNC(=O)c1c(-c2ccc(F)cc2)oc2cc(N(C3CC(C#N)C3)S(C)(=O)=O)c(-c3ccc(OC)c(-c4nc5c(N)cccc5o4)c3)cc12. The van der Waals surface area contributed by atoms with Crippen LogP contribution in [-0.4, -0.2) is 45.8 Å². The summed E-state index contributed by atoms with van der Waals surface area (Å²) in [4.78, 5) is 18.0. The molecule has 0 unspecified atom stereocenters. The standard InChI is InChI=1S/C36H30FN5O6S/c1-40-35(43)32-25-16-24(21-9-12-29(46-2)26(15-21)36-41-33-27(39)5-4-6-30(33)48-36)28(42(49(3,44)45)23-13-19(14-23)18-38)17-31(25)47-34(32)20-7-10-22(37)11-8-20/h4-12,15-17,19,23H,13-14,39H2,1-3H3,(H,40,43). The van der Waals surface area contributed by atoms with Crippen LogP contribution in [0.2, 0.25) is 0 Å². The third-order valence-corrected chi connectivity index (χ3v) is 9.99. The molecule has 1 aliphatic carbocycles. The Bertz CT molecular complexity index is 2420. The molecule has 0 bridgehead atoms. The van der Waals surface area contributed by atoms with Gasteiger partial charge in [0, 0.05) is 35.7 Å². The number of nitrogens with one attached hydrogen (secondary N) is 1. The van der Waals surface area contributed by atoms with Gasteiger partial charge >= 0.3 is 0 Å². The zero-order valence-electron chi connectivity index (χ0n) is 26.7. The number of benzene rings is 4. The second-order valence-corrected chi connectivity index (χ2v) is 13.8. The number of nitrogens with zero attached hydrogens (tertiary/aromatic N) is 3. The number of nitrogen functional groups attached to an aromatic ring is 1.